The van der Waals surface area contributed by atoms with E-state index >= 15 is 0 Å². The van der Waals surface area contributed by atoms with Crippen molar-refractivity contribution in [1.29, 1.82) is 0 Å². The summed E-state index contributed by atoms with van der Waals surface area (Å²) in [5.41, 5.74) is 0. The van der Waals surface area contributed by atoms with Gasteiger partial charge in [0, 0.05) is 13.0 Å². The molecule has 2 amide bonds. The van der Waals surface area contributed by atoms with Crippen LogP contribution in [0.3, 0.4) is 0 Å². The number of rotatable bonds is 4. The molecule has 0 aliphatic rings. The Morgan fingerprint density at radius 2 is 2.12 bits per heavy atom. The van der Waals surface area contributed by atoms with Crippen molar-refractivity contribution in [2.45, 2.75) is 12.6 Å². The first-order valence-corrected chi connectivity index (χ1v) is 4.58. The zero-order chi connectivity index (χ0) is 12.0. The van der Waals surface area contributed by atoms with Crippen LogP contribution in [-0.4, -0.2) is 25.3 Å². The lowest BCUT2D eigenvalue weighted by Gasteiger charge is -2.09. The molecule has 4 nitrogen and oxygen atoms in total. The van der Waals surface area contributed by atoms with E-state index in [1.807, 2.05) is 0 Å². The van der Waals surface area contributed by atoms with Crippen molar-refractivity contribution in [3.05, 3.63) is 24.2 Å². The number of alkyl halides is 3. The Hall–Kier alpha value is -1.66. The lowest BCUT2D eigenvalue weighted by Crippen LogP contribution is -2.41. The second-order valence-corrected chi connectivity index (χ2v) is 3.05. The highest BCUT2D eigenvalue weighted by Crippen LogP contribution is 2.11. The number of nitrogens with one attached hydrogen (secondary N) is 2. The molecule has 0 atom stereocenters. The maximum absolute atomic E-state index is 11.7. The molecule has 1 heterocycles. The van der Waals surface area contributed by atoms with Crippen LogP contribution in [-0.2, 0) is 6.42 Å². The van der Waals surface area contributed by atoms with Crippen molar-refractivity contribution in [3.8, 4) is 0 Å². The molecule has 1 rings (SSSR count). The zero-order valence-corrected chi connectivity index (χ0v) is 8.30. The van der Waals surface area contributed by atoms with Gasteiger partial charge in [0.15, 0.2) is 0 Å². The van der Waals surface area contributed by atoms with Crippen molar-refractivity contribution in [2.75, 3.05) is 13.1 Å². The Labute approximate surface area is 89.8 Å². The molecule has 0 bridgehead atoms. The quantitative estimate of drug-likeness (QED) is 0.835. The minimum absolute atomic E-state index is 0.219. The van der Waals surface area contributed by atoms with Crippen LogP contribution >= 0.6 is 0 Å². The predicted molar refractivity (Wildman–Crippen MR) is 49.9 cm³/mol. The first kappa shape index (κ1) is 12.4. The molecule has 0 aromatic carbocycles. The van der Waals surface area contributed by atoms with Gasteiger partial charge in [-0.2, -0.15) is 13.2 Å². The van der Waals surface area contributed by atoms with Gasteiger partial charge in [0.05, 0.1) is 6.26 Å². The molecule has 90 valence electrons. The van der Waals surface area contributed by atoms with Crippen molar-refractivity contribution < 1.29 is 22.4 Å². The van der Waals surface area contributed by atoms with Crippen LogP contribution in [0.2, 0.25) is 0 Å². The molecule has 16 heavy (non-hydrogen) atoms. The van der Waals surface area contributed by atoms with Crippen LogP contribution in [0.1, 0.15) is 5.76 Å². The molecule has 0 fully saturated rings. The number of carbonyl (C=O) groups excluding carboxylic acids is 1. The van der Waals surface area contributed by atoms with Gasteiger partial charge in [-0.25, -0.2) is 4.79 Å². The monoisotopic (exact) mass is 236 g/mol. The molecule has 0 saturated carbocycles. The highest BCUT2D eigenvalue weighted by atomic mass is 19.4. The van der Waals surface area contributed by atoms with E-state index in [1.54, 1.807) is 17.4 Å². The molecule has 0 unspecified atom stereocenters. The fraction of sp³-hybridized carbons (Fsp3) is 0.444. The Balaban J connectivity index is 2.11. The second-order valence-electron chi connectivity index (χ2n) is 3.05. The van der Waals surface area contributed by atoms with Gasteiger partial charge in [0.1, 0.15) is 12.3 Å². The minimum Gasteiger partial charge on any atom is -0.469 e. The maximum atomic E-state index is 11.7. The van der Waals surface area contributed by atoms with E-state index in [9.17, 15) is 18.0 Å². The summed E-state index contributed by atoms with van der Waals surface area (Å²) in [5.74, 6) is 0.663. The summed E-state index contributed by atoms with van der Waals surface area (Å²) >= 11 is 0. The first-order valence-electron chi connectivity index (χ1n) is 4.58. The molecular formula is C9H11F3N2O2. The number of urea groups is 1. The Morgan fingerprint density at radius 1 is 1.38 bits per heavy atom. The summed E-state index contributed by atoms with van der Waals surface area (Å²) in [6.07, 6.45) is -2.47. The Morgan fingerprint density at radius 3 is 2.69 bits per heavy atom. The van der Waals surface area contributed by atoms with E-state index in [-0.39, 0.29) is 6.54 Å². The van der Waals surface area contributed by atoms with Crippen LogP contribution in [0.25, 0.3) is 0 Å². The molecule has 0 radical (unpaired) electrons. The molecule has 0 spiro atoms. The number of furan rings is 1. The summed E-state index contributed by atoms with van der Waals surface area (Å²) in [5, 5.41) is 3.98. The Kier molecular flexibility index (Phi) is 4.21. The topological polar surface area (TPSA) is 54.3 Å². The summed E-state index contributed by atoms with van der Waals surface area (Å²) < 4.78 is 40.1. The fourth-order valence-corrected chi connectivity index (χ4v) is 0.997. The summed E-state index contributed by atoms with van der Waals surface area (Å²) in [6, 6.07) is 2.57. The predicted octanol–water partition coefficient (Wildman–Crippen LogP) is 1.68. The largest absolute Gasteiger partial charge is 0.469 e. The molecular weight excluding hydrogens is 225 g/mol. The third-order valence-electron chi connectivity index (χ3n) is 1.69. The van der Waals surface area contributed by atoms with Crippen molar-refractivity contribution in [3.63, 3.8) is 0 Å². The minimum atomic E-state index is -4.39. The van der Waals surface area contributed by atoms with E-state index < -0.39 is 18.8 Å². The van der Waals surface area contributed by atoms with Gasteiger partial charge < -0.3 is 15.1 Å². The zero-order valence-electron chi connectivity index (χ0n) is 8.30. The molecule has 1 aromatic rings. The van der Waals surface area contributed by atoms with E-state index in [1.165, 1.54) is 6.26 Å². The van der Waals surface area contributed by atoms with Gasteiger partial charge in [-0.1, -0.05) is 0 Å². The highest BCUT2D eigenvalue weighted by Gasteiger charge is 2.27. The molecule has 2 N–H and O–H groups in total. The lowest BCUT2D eigenvalue weighted by molar-refractivity contribution is -0.122. The van der Waals surface area contributed by atoms with Crippen LogP contribution in [0.15, 0.2) is 22.8 Å². The van der Waals surface area contributed by atoms with E-state index in [4.69, 9.17) is 4.42 Å². The second kappa shape index (κ2) is 5.43. The van der Waals surface area contributed by atoms with Crippen LogP contribution in [0, 0.1) is 0 Å². The van der Waals surface area contributed by atoms with E-state index in [2.05, 4.69) is 5.32 Å². The molecule has 1 aromatic heterocycles. The van der Waals surface area contributed by atoms with Crippen LogP contribution in [0.4, 0.5) is 18.0 Å². The van der Waals surface area contributed by atoms with E-state index in [0.29, 0.717) is 12.2 Å². The lowest BCUT2D eigenvalue weighted by atomic mass is 10.3. The number of carbonyl (C=O) groups is 1. The first-order chi connectivity index (χ1) is 7.47. The van der Waals surface area contributed by atoms with Crippen molar-refractivity contribution in [1.82, 2.24) is 10.6 Å². The summed E-state index contributed by atoms with van der Waals surface area (Å²) in [7, 11) is 0. The van der Waals surface area contributed by atoms with Crippen molar-refractivity contribution >= 4 is 6.03 Å². The Bertz CT molecular complexity index is 322. The maximum Gasteiger partial charge on any atom is 0.405 e. The SMILES string of the molecule is O=C(NCCc1ccco1)NCC(F)(F)F. The van der Waals surface area contributed by atoms with Crippen LogP contribution in [0.5, 0.6) is 0 Å². The molecule has 0 saturated heterocycles. The third kappa shape index (κ3) is 5.28. The number of hydrogen-bond donors (Lipinski definition) is 2. The highest BCUT2D eigenvalue weighted by molar-refractivity contribution is 5.73. The molecule has 0 aliphatic carbocycles. The number of hydrogen-bond acceptors (Lipinski definition) is 2. The normalized spacial score (nSPS) is 11.2. The summed E-state index contributed by atoms with van der Waals surface area (Å²) in [6.45, 7) is -1.11. The van der Waals surface area contributed by atoms with Crippen LogP contribution < -0.4 is 10.6 Å². The van der Waals surface area contributed by atoms with Gasteiger partial charge in [0.25, 0.3) is 0 Å². The summed E-state index contributed by atoms with van der Waals surface area (Å²) in [4.78, 5) is 10.9. The van der Waals surface area contributed by atoms with Gasteiger partial charge in [-0.05, 0) is 12.1 Å². The number of halogens is 3. The average Bonchev–Trinajstić information content (AvgIpc) is 2.66. The fourth-order valence-electron chi connectivity index (χ4n) is 0.997. The van der Waals surface area contributed by atoms with Gasteiger partial charge in [0.2, 0.25) is 0 Å². The average molecular weight is 236 g/mol. The molecule has 7 heteroatoms. The van der Waals surface area contributed by atoms with E-state index in [0.717, 1.165) is 0 Å². The smallest absolute Gasteiger partial charge is 0.405 e. The van der Waals surface area contributed by atoms with Crippen molar-refractivity contribution in [2.24, 2.45) is 0 Å². The van der Waals surface area contributed by atoms with Gasteiger partial charge in [-0.15, -0.1) is 0 Å². The van der Waals surface area contributed by atoms with Gasteiger partial charge >= 0.3 is 12.2 Å². The standard InChI is InChI=1S/C9H11F3N2O2/c10-9(11,12)6-14-8(15)13-4-3-7-2-1-5-16-7/h1-2,5H,3-4,6H2,(H2,13,14,15). The molecule has 0 aliphatic heterocycles. The number of amides is 2. The third-order valence-corrected chi connectivity index (χ3v) is 1.69. The van der Waals surface area contributed by atoms with Gasteiger partial charge in [-0.3, -0.25) is 0 Å².